The van der Waals surface area contributed by atoms with Gasteiger partial charge in [-0.25, -0.2) is 9.97 Å². The van der Waals surface area contributed by atoms with Crippen LogP contribution in [-0.2, 0) is 24.1 Å². The standard InChI is InChI=1S/C20H23N3O/c1-14-21-10-9-18(22-14)19-6-3-11-23(19)20(24)13-15-7-8-16-4-2-5-17(16)12-15/h7-10,12,19H,2-6,11,13H2,1H3/t19-/m1/s1. The second-order valence-corrected chi connectivity index (χ2v) is 6.91. The Labute approximate surface area is 142 Å². The fraction of sp³-hybridized carbons (Fsp3) is 0.450. The molecule has 4 nitrogen and oxygen atoms in total. The zero-order valence-corrected chi connectivity index (χ0v) is 14.2. The van der Waals surface area contributed by atoms with Gasteiger partial charge in [0.25, 0.3) is 0 Å². The number of hydrogen-bond donors (Lipinski definition) is 0. The summed E-state index contributed by atoms with van der Waals surface area (Å²) in [4.78, 5) is 23.6. The first-order valence-corrected chi connectivity index (χ1v) is 8.90. The van der Waals surface area contributed by atoms with Crippen LogP contribution in [-0.4, -0.2) is 27.3 Å². The normalized spacial score (nSPS) is 19.5. The zero-order valence-electron chi connectivity index (χ0n) is 14.2. The SMILES string of the molecule is Cc1nccc([C@H]2CCCN2C(=O)Cc2ccc3c(c2)CCC3)n1. The van der Waals surface area contributed by atoms with Crippen molar-refractivity contribution in [3.63, 3.8) is 0 Å². The Balaban J connectivity index is 1.51. The van der Waals surface area contributed by atoms with Crippen molar-refractivity contribution in [3.05, 3.63) is 58.7 Å². The van der Waals surface area contributed by atoms with Gasteiger partial charge in [0.05, 0.1) is 18.2 Å². The van der Waals surface area contributed by atoms with Crippen LogP contribution in [0.25, 0.3) is 0 Å². The summed E-state index contributed by atoms with van der Waals surface area (Å²) in [5.74, 6) is 0.983. The molecule has 0 N–H and O–H groups in total. The van der Waals surface area contributed by atoms with E-state index in [9.17, 15) is 4.79 Å². The summed E-state index contributed by atoms with van der Waals surface area (Å²) in [7, 11) is 0. The van der Waals surface area contributed by atoms with Crippen molar-refractivity contribution in [3.8, 4) is 0 Å². The topological polar surface area (TPSA) is 46.1 Å². The molecule has 1 aliphatic heterocycles. The third kappa shape index (κ3) is 2.93. The largest absolute Gasteiger partial charge is 0.334 e. The van der Waals surface area contributed by atoms with Crippen LogP contribution in [0.5, 0.6) is 0 Å². The maximum absolute atomic E-state index is 12.9. The average Bonchev–Trinajstić information content (AvgIpc) is 3.23. The number of aryl methyl sites for hydroxylation is 3. The van der Waals surface area contributed by atoms with E-state index in [2.05, 4.69) is 28.2 Å². The summed E-state index contributed by atoms with van der Waals surface area (Å²) in [6.07, 6.45) is 7.91. The first-order valence-electron chi connectivity index (χ1n) is 8.90. The Morgan fingerprint density at radius 2 is 2.08 bits per heavy atom. The number of aromatic nitrogens is 2. The van der Waals surface area contributed by atoms with Gasteiger partial charge in [-0.3, -0.25) is 4.79 Å². The van der Waals surface area contributed by atoms with Gasteiger partial charge in [0, 0.05) is 12.7 Å². The predicted molar refractivity (Wildman–Crippen MR) is 92.6 cm³/mol. The highest BCUT2D eigenvalue weighted by Crippen LogP contribution is 2.31. The van der Waals surface area contributed by atoms with Gasteiger partial charge in [-0.1, -0.05) is 18.2 Å². The lowest BCUT2D eigenvalue weighted by Gasteiger charge is -2.24. The van der Waals surface area contributed by atoms with Crippen molar-refractivity contribution >= 4 is 5.91 Å². The molecule has 2 heterocycles. The fourth-order valence-corrected chi connectivity index (χ4v) is 4.04. The number of benzene rings is 1. The minimum atomic E-state index is 0.105. The molecule has 1 aromatic carbocycles. The maximum Gasteiger partial charge on any atom is 0.227 e. The van der Waals surface area contributed by atoms with Crippen molar-refractivity contribution in [1.82, 2.24) is 14.9 Å². The number of nitrogens with zero attached hydrogens (tertiary/aromatic N) is 3. The van der Waals surface area contributed by atoms with E-state index in [4.69, 9.17) is 0 Å². The molecule has 1 atom stereocenters. The van der Waals surface area contributed by atoms with Crippen LogP contribution in [0.1, 0.15) is 53.5 Å². The lowest BCUT2D eigenvalue weighted by Crippen LogP contribution is -2.32. The van der Waals surface area contributed by atoms with Crippen LogP contribution in [0.2, 0.25) is 0 Å². The van der Waals surface area contributed by atoms with Crippen molar-refractivity contribution in [2.75, 3.05) is 6.54 Å². The highest BCUT2D eigenvalue weighted by Gasteiger charge is 2.31. The van der Waals surface area contributed by atoms with Crippen LogP contribution in [0.15, 0.2) is 30.5 Å². The highest BCUT2D eigenvalue weighted by molar-refractivity contribution is 5.79. The molecule has 1 aromatic heterocycles. The molecule has 1 fully saturated rings. The number of hydrogen-bond acceptors (Lipinski definition) is 3. The smallest absolute Gasteiger partial charge is 0.227 e. The molecule has 4 rings (SSSR count). The second kappa shape index (κ2) is 6.34. The summed E-state index contributed by atoms with van der Waals surface area (Å²) in [6.45, 7) is 2.73. The molecule has 0 radical (unpaired) electrons. The van der Waals surface area contributed by atoms with Crippen LogP contribution >= 0.6 is 0 Å². The summed E-state index contributed by atoms with van der Waals surface area (Å²) < 4.78 is 0. The summed E-state index contributed by atoms with van der Waals surface area (Å²) in [5, 5.41) is 0. The monoisotopic (exact) mass is 321 g/mol. The van der Waals surface area contributed by atoms with Crippen molar-refractivity contribution in [2.24, 2.45) is 0 Å². The Morgan fingerprint density at radius 1 is 1.21 bits per heavy atom. The minimum Gasteiger partial charge on any atom is -0.334 e. The van der Waals surface area contributed by atoms with E-state index in [1.807, 2.05) is 17.9 Å². The Hall–Kier alpha value is -2.23. The van der Waals surface area contributed by atoms with Crippen LogP contribution in [0, 0.1) is 6.92 Å². The number of likely N-dealkylation sites (tertiary alicyclic amines) is 1. The molecule has 1 saturated heterocycles. The highest BCUT2D eigenvalue weighted by atomic mass is 16.2. The Bertz CT molecular complexity index is 771. The van der Waals surface area contributed by atoms with Gasteiger partial charge in [-0.15, -0.1) is 0 Å². The molecule has 2 aliphatic rings. The third-order valence-corrected chi connectivity index (χ3v) is 5.23. The lowest BCUT2D eigenvalue weighted by molar-refractivity contribution is -0.131. The molecule has 2 aromatic rings. The zero-order chi connectivity index (χ0) is 16.5. The molecule has 1 amide bonds. The van der Waals surface area contributed by atoms with E-state index < -0.39 is 0 Å². The van der Waals surface area contributed by atoms with E-state index >= 15 is 0 Å². The van der Waals surface area contributed by atoms with Gasteiger partial charge in [0.2, 0.25) is 5.91 Å². The number of carbonyl (C=O) groups excluding carboxylic acids is 1. The summed E-state index contributed by atoms with van der Waals surface area (Å²) in [6, 6.07) is 8.62. The van der Waals surface area contributed by atoms with Crippen LogP contribution in [0.3, 0.4) is 0 Å². The van der Waals surface area contributed by atoms with Gasteiger partial charge in [0.15, 0.2) is 0 Å². The van der Waals surface area contributed by atoms with E-state index in [0.29, 0.717) is 6.42 Å². The van der Waals surface area contributed by atoms with Gasteiger partial charge in [-0.05, 0) is 61.8 Å². The van der Waals surface area contributed by atoms with E-state index in [1.165, 1.54) is 24.0 Å². The molecular formula is C20H23N3O. The molecule has 0 unspecified atom stereocenters. The first kappa shape index (κ1) is 15.3. The Morgan fingerprint density at radius 3 is 2.96 bits per heavy atom. The van der Waals surface area contributed by atoms with Crippen molar-refractivity contribution in [1.29, 1.82) is 0 Å². The van der Waals surface area contributed by atoms with Gasteiger partial charge >= 0.3 is 0 Å². The van der Waals surface area contributed by atoms with E-state index in [-0.39, 0.29) is 11.9 Å². The average molecular weight is 321 g/mol. The molecule has 4 heteroatoms. The Kier molecular flexibility index (Phi) is 4.05. The van der Waals surface area contributed by atoms with Crippen molar-refractivity contribution < 1.29 is 4.79 Å². The van der Waals surface area contributed by atoms with E-state index in [0.717, 1.165) is 42.9 Å². The fourth-order valence-electron chi connectivity index (χ4n) is 4.04. The first-order chi connectivity index (χ1) is 11.7. The van der Waals surface area contributed by atoms with Gasteiger partial charge < -0.3 is 4.90 Å². The van der Waals surface area contributed by atoms with Gasteiger partial charge in [0.1, 0.15) is 5.82 Å². The van der Waals surface area contributed by atoms with Crippen molar-refractivity contribution in [2.45, 2.75) is 51.5 Å². The number of carbonyl (C=O) groups is 1. The molecule has 0 bridgehead atoms. The lowest BCUT2D eigenvalue weighted by atomic mass is 10.0. The van der Waals surface area contributed by atoms with E-state index in [1.54, 1.807) is 6.20 Å². The summed E-state index contributed by atoms with van der Waals surface area (Å²) >= 11 is 0. The predicted octanol–water partition coefficient (Wildman–Crippen LogP) is 3.18. The van der Waals surface area contributed by atoms with Crippen LogP contribution < -0.4 is 0 Å². The third-order valence-electron chi connectivity index (χ3n) is 5.23. The maximum atomic E-state index is 12.9. The quantitative estimate of drug-likeness (QED) is 0.872. The molecule has 124 valence electrons. The molecule has 0 spiro atoms. The summed E-state index contributed by atoms with van der Waals surface area (Å²) in [5.41, 5.74) is 5.01. The molecule has 1 aliphatic carbocycles. The molecule has 0 saturated carbocycles. The minimum absolute atomic E-state index is 0.105. The van der Waals surface area contributed by atoms with Crippen LogP contribution in [0.4, 0.5) is 0 Å². The second-order valence-electron chi connectivity index (χ2n) is 6.91. The number of rotatable bonds is 3. The van der Waals surface area contributed by atoms with Gasteiger partial charge in [-0.2, -0.15) is 0 Å². The number of fused-ring (bicyclic) bond motifs is 1. The number of amides is 1. The molecular weight excluding hydrogens is 298 g/mol. The molecule has 24 heavy (non-hydrogen) atoms.